The normalized spacial score (nSPS) is 23.3. The Morgan fingerprint density at radius 1 is 1.24 bits per heavy atom. The summed E-state index contributed by atoms with van der Waals surface area (Å²) < 4.78 is 26.8. The Hall–Kier alpha value is -1.44. The van der Waals surface area contributed by atoms with Crippen LogP contribution in [0.2, 0.25) is 0 Å². The van der Waals surface area contributed by atoms with E-state index >= 15 is 0 Å². The van der Waals surface area contributed by atoms with Crippen LogP contribution in [0.25, 0.3) is 5.65 Å². The van der Waals surface area contributed by atoms with E-state index in [4.69, 9.17) is 14.3 Å². The lowest BCUT2D eigenvalue weighted by molar-refractivity contribution is 0.00578. The molecule has 2 saturated heterocycles. The summed E-state index contributed by atoms with van der Waals surface area (Å²) in [7, 11) is -0.379. The lowest BCUT2D eigenvalue weighted by Gasteiger charge is -2.37. The molecule has 2 aromatic rings. The number of aromatic nitrogens is 2. The number of rotatable bonds is 4. The molecule has 2 aliphatic rings. The van der Waals surface area contributed by atoms with Crippen LogP contribution < -0.4 is 5.46 Å². The van der Waals surface area contributed by atoms with Crippen LogP contribution in [0.4, 0.5) is 4.39 Å². The van der Waals surface area contributed by atoms with E-state index in [9.17, 15) is 4.39 Å². The van der Waals surface area contributed by atoms with Gasteiger partial charge in [0.2, 0.25) is 0 Å². The van der Waals surface area contributed by atoms with E-state index in [2.05, 4.69) is 32.6 Å². The molecule has 0 aliphatic carbocycles. The molecule has 4 rings (SSSR count). The molecule has 0 aromatic carbocycles. The first-order chi connectivity index (χ1) is 11.8. The Balaban J connectivity index is 1.51. The molecule has 0 N–H and O–H groups in total. The summed E-state index contributed by atoms with van der Waals surface area (Å²) in [5.41, 5.74) is 2.15. The highest BCUT2D eigenvalue weighted by molar-refractivity contribution is 6.62. The van der Waals surface area contributed by atoms with Crippen molar-refractivity contribution in [3.05, 3.63) is 30.2 Å². The maximum atomic E-state index is 12.5. The van der Waals surface area contributed by atoms with Crippen LogP contribution in [-0.4, -0.2) is 52.4 Å². The number of nitrogens with zero attached hydrogens (tertiary/aromatic N) is 3. The molecule has 0 saturated carbocycles. The summed E-state index contributed by atoms with van der Waals surface area (Å²) in [6.45, 7) is 10.4. The number of fused-ring (bicyclic) bond motifs is 1. The molecule has 25 heavy (non-hydrogen) atoms. The number of halogens is 1. The molecule has 0 spiro atoms. The fourth-order valence-electron chi connectivity index (χ4n) is 3.38. The minimum atomic E-state index is -0.379. The van der Waals surface area contributed by atoms with Crippen LogP contribution >= 0.6 is 0 Å². The Labute approximate surface area is 148 Å². The van der Waals surface area contributed by atoms with Gasteiger partial charge in [-0.05, 0) is 45.3 Å². The van der Waals surface area contributed by atoms with Gasteiger partial charge in [-0.15, -0.1) is 0 Å². The predicted octanol–water partition coefficient (Wildman–Crippen LogP) is 2.03. The van der Waals surface area contributed by atoms with Crippen LogP contribution in [0.3, 0.4) is 0 Å². The van der Waals surface area contributed by atoms with Crippen LogP contribution in [-0.2, 0) is 15.9 Å². The second-order valence-electron chi connectivity index (χ2n) is 8.26. The van der Waals surface area contributed by atoms with Crippen molar-refractivity contribution in [3.63, 3.8) is 0 Å². The largest absolute Gasteiger partial charge is 0.495 e. The Kier molecular flexibility index (Phi) is 3.94. The Bertz CT molecular complexity index is 770. The molecule has 0 radical (unpaired) electrons. The highest BCUT2D eigenvalue weighted by Crippen LogP contribution is 2.36. The van der Waals surface area contributed by atoms with E-state index < -0.39 is 0 Å². The number of likely N-dealkylation sites (tertiary alicyclic amines) is 1. The summed E-state index contributed by atoms with van der Waals surface area (Å²) in [6.07, 6.45) is 4.03. The number of alkyl halides is 1. The molecule has 7 heteroatoms. The van der Waals surface area contributed by atoms with Gasteiger partial charge in [0.15, 0.2) is 0 Å². The van der Waals surface area contributed by atoms with Crippen molar-refractivity contribution in [2.75, 3.05) is 19.8 Å². The van der Waals surface area contributed by atoms with E-state index in [-0.39, 0.29) is 30.9 Å². The third kappa shape index (κ3) is 2.98. The zero-order valence-electron chi connectivity index (χ0n) is 15.3. The number of imidazole rings is 1. The summed E-state index contributed by atoms with van der Waals surface area (Å²) in [4.78, 5) is 6.93. The van der Waals surface area contributed by atoms with E-state index in [0.717, 1.165) is 36.4 Å². The highest BCUT2D eigenvalue weighted by Gasteiger charge is 2.51. The molecule has 0 amide bonds. The first-order valence-electron chi connectivity index (χ1n) is 8.89. The monoisotopic (exact) mass is 345 g/mol. The predicted molar refractivity (Wildman–Crippen MR) is 95.7 cm³/mol. The average Bonchev–Trinajstić information content (AvgIpc) is 2.99. The molecule has 134 valence electrons. The van der Waals surface area contributed by atoms with Crippen molar-refractivity contribution < 1.29 is 13.7 Å². The van der Waals surface area contributed by atoms with E-state index in [1.807, 2.05) is 28.9 Å². The quantitative estimate of drug-likeness (QED) is 0.795. The fourth-order valence-corrected chi connectivity index (χ4v) is 3.38. The topological polar surface area (TPSA) is 39.0 Å². The van der Waals surface area contributed by atoms with Crippen molar-refractivity contribution in [2.24, 2.45) is 5.92 Å². The third-order valence-corrected chi connectivity index (χ3v) is 5.70. The minimum absolute atomic E-state index is 0.201. The molecule has 5 nitrogen and oxygen atoms in total. The van der Waals surface area contributed by atoms with Gasteiger partial charge < -0.3 is 13.7 Å². The number of pyridine rings is 1. The highest BCUT2D eigenvalue weighted by atomic mass is 19.1. The maximum Gasteiger partial charge on any atom is 0.495 e. The smallest absolute Gasteiger partial charge is 0.399 e. The first-order valence-corrected chi connectivity index (χ1v) is 8.89. The van der Waals surface area contributed by atoms with Crippen molar-refractivity contribution in [1.29, 1.82) is 0 Å². The molecule has 2 fully saturated rings. The average molecular weight is 345 g/mol. The molecule has 0 bridgehead atoms. The summed E-state index contributed by atoms with van der Waals surface area (Å²) in [5, 5.41) is 0. The number of hydrogen-bond donors (Lipinski definition) is 0. The van der Waals surface area contributed by atoms with Gasteiger partial charge in [-0.25, -0.2) is 4.98 Å². The van der Waals surface area contributed by atoms with Gasteiger partial charge in [0.25, 0.3) is 0 Å². The Morgan fingerprint density at radius 3 is 2.56 bits per heavy atom. The molecule has 0 atom stereocenters. The SMILES string of the molecule is CC1(C)OB(c2ccn3cc(CN4CC(CF)C4)nc3c2)OC1(C)C. The van der Waals surface area contributed by atoms with Gasteiger partial charge in [0.05, 0.1) is 23.6 Å². The zero-order valence-corrected chi connectivity index (χ0v) is 15.3. The summed E-state index contributed by atoms with van der Waals surface area (Å²) >= 11 is 0. The standard InChI is InChI=1S/C18H25BFN3O2/c1-17(2)18(3,4)25-19(24-17)14-5-6-23-12-15(21-16(23)7-14)11-22-9-13(8-20)10-22/h5-7,12-13H,8-11H2,1-4H3. The van der Waals surface area contributed by atoms with Crippen LogP contribution in [0, 0.1) is 5.92 Å². The van der Waals surface area contributed by atoms with E-state index in [0.29, 0.717) is 0 Å². The maximum absolute atomic E-state index is 12.5. The van der Waals surface area contributed by atoms with Crippen LogP contribution in [0.5, 0.6) is 0 Å². The lowest BCUT2D eigenvalue weighted by atomic mass is 9.80. The van der Waals surface area contributed by atoms with Crippen LogP contribution in [0.15, 0.2) is 24.5 Å². The number of hydrogen-bond acceptors (Lipinski definition) is 4. The second-order valence-corrected chi connectivity index (χ2v) is 8.26. The minimum Gasteiger partial charge on any atom is -0.399 e. The van der Waals surface area contributed by atoms with Crippen molar-refractivity contribution in [2.45, 2.75) is 45.4 Å². The van der Waals surface area contributed by atoms with Gasteiger partial charge in [-0.3, -0.25) is 9.29 Å². The summed E-state index contributed by atoms with van der Waals surface area (Å²) in [6, 6.07) is 4.04. The molecule has 4 heterocycles. The van der Waals surface area contributed by atoms with E-state index in [1.54, 1.807) is 0 Å². The third-order valence-electron chi connectivity index (χ3n) is 5.70. The van der Waals surface area contributed by atoms with Crippen molar-refractivity contribution in [1.82, 2.24) is 14.3 Å². The fraction of sp³-hybridized carbons (Fsp3) is 0.611. The van der Waals surface area contributed by atoms with E-state index in [1.165, 1.54) is 0 Å². The molecule has 2 aromatic heterocycles. The van der Waals surface area contributed by atoms with Crippen molar-refractivity contribution in [3.8, 4) is 0 Å². The first kappa shape index (κ1) is 17.0. The van der Waals surface area contributed by atoms with Crippen molar-refractivity contribution >= 4 is 18.2 Å². The van der Waals surface area contributed by atoms with Crippen LogP contribution in [0.1, 0.15) is 33.4 Å². The zero-order chi connectivity index (χ0) is 17.8. The van der Waals surface area contributed by atoms with Gasteiger partial charge in [-0.2, -0.15) is 0 Å². The van der Waals surface area contributed by atoms with Gasteiger partial charge in [0, 0.05) is 37.9 Å². The Morgan fingerprint density at radius 2 is 1.92 bits per heavy atom. The second kappa shape index (κ2) is 5.79. The lowest BCUT2D eigenvalue weighted by Crippen LogP contribution is -2.46. The van der Waals surface area contributed by atoms with Gasteiger partial charge >= 0.3 is 7.12 Å². The molecular weight excluding hydrogens is 320 g/mol. The summed E-state index contributed by atoms with van der Waals surface area (Å²) in [5.74, 6) is 0.201. The molecule has 0 unspecified atom stereocenters. The van der Waals surface area contributed by atoms with Gasteiger partial charge in [-0.1, -0.05) is 0 Å². The van der Waals surface area contributed by atoms with Gasteiger partial charge in [0.1, 0.15) is 5.65 Å². The molecular formula is C18H25BFN3O2. The molecule has 2 aliphatic heterocycles.